The third-order valence-corrected chi connectivity index (χ3v) is 2.26. The van der Waals surface area contributed by atoms with Crippen LogP contribution < -0.4 is 5.32 Å². The van der Waals surface area contributed by atoms with Crippen LogP contribution in [0.15, 0.2) is 0 Å². The summed E-state index contributed by atoms with van der Waals surface area (Å²) < 4.78 is 5.12. The third kappa shape index (κ3) is 6.99. The second-order valence-corrected chi connectivity index (χ2v) is 8.81. The number of amides is 1. The fourth-order valence-electron chi connectivity index (χ4n) is 0.986. The molecular formula is C9H17NO5Si. The Labute approximate surface area is 95.1 Å². The maximum absolute atomic E-state index is 11.6. The molecule has 0 aliphatic carbocycles. The van der Waals surface area contributed by atoms with Crippen LogP contribution in [0.3, 0.4) is 0 Å². The van der Waals surface area contributed by atoms with Gasteiger partial charge in [-0.25, -0.2) is 0 Å². The Morgan fingerprint density at radius 3 is 2.12 bits per heavy atom. The average Bonchev–Trinajstić information content (AvgIpc) is 1.97. The molecule has 0 heterocycles. The van der Waals surface area contributed by atoms with Gasteiger partial charge in [0.2, 0.25) is 14.2 Å². The standard InChI is InChI=1S/C9H17NO5Si/c1-6(11)10-7(5-8(12)13)9(14)15-16(2,3)4/h7H,5H2,1-4H3,(H,10,11)(H,12,13)/t7-/m0/s1. The van der Waals surface area contributed by atoms with Gasteiger partial charge in [-0.1, -0.05) is 0 Å². The summed E-state index contributed by atoms with van der Waals surface area (Å²) in [7, 11) is -2.08. The van der Waals surface area contributed by atoms with E-state index in [-0.39, 0.29) is 0 Å². The first-order chi connectivity index (χ1) is 7.11. The summed E-state index contributed by atoms with van der Waals surface area (Å²) in [5, 5.41) is 10.9. The number of carbonyl (C=O) groups excluding carboxylic acids is 2. The molecule has 0 saturated carbocycles. The van der Waals surface area contributed by atoms with Gasteiger partial charge < -0.3 is 14.8 Å². The van der Waals surface area contributed by atoms with Crippen LogP contribution in [0, 0.1) is 0 Å². The molecule has 0 unspecified atom stereocenters. The van der Waals surface area contributed by atoms with Crippen molar-refractivity contribution in [2.75, 3.05) is 0 Å². The van der Waals surface area contributed by atoms with Gasteiger partial charge in [-0.2, -0.15) is 0 Å². The maximum atomic E-state index is 11.6. The lowest BCUT2D eigenvalue weighted by atomic mass is 10.2. The first kappa shape index (κ1) is 14.6. The van der Waals surface area contributed by atoms with Gasteiger partial charge in [0.25, 0.3) is 0 Å². The second kappa shape index (κ2) is 5.64. The molecule has 1 amide bonds. The SMILES string of the molecule is CC(=O)N[C@@H](CC(=O)O)C(=O)O[Si](C)(C)C. The molecule has 16 heavy (non-hydrogen) atoms. The number of hydrogen-bond donors (Lipinski definition) is 2. The van der Waals surface area contributed by atoms with Gasteiger partial charge in [-0.05, 0) is 19.6 Å². The largest absolute Gasteiger partial charge is 0.518 e. The monoisotopic (exact) mass is 247 g/mol. The van der Waals surface area contributed by atoms with E-state index >= 15 is 0 Å². The molecule has 0 spiro atoms. The van der Waals surface area contributed by atoms with E-state index in [2.05, 4.69) is 5.32 Å². The lowest BCUT2D eigenvalue weighted by molar-refractivity contribution is -0.145. The van der Waals surface area contributed by atoms with Gasteiger partial charge >= 0.3 is 11.9 Å². The molecule has 6 nitrogen and oxygen atoms in total. The molecule has 0 fully saturated rings. The van der Waals surface area contributed by atoms with Crippen LogP contribution in [-0.2, 0) is 18.8 Å². The van der Waals surface area contributed by atoms with Crippen LogP contribution in [0.1, 0.15) is 13.3 Å². The van der Waals surface area contributed by atoms with Crippen LogP contribution in [0.5, 0.6) is 0 Å². The lowest BCUT2D eigenvalue weighted by Crippen LogP contribution is -2.45. The van der Waals surface area contributed by atoms with Crippen molar-refractivity contribution >= 4 is 26.2 Å². The third-order valence-electron chi connectivity index (χ3n) is 1.45. The summed E-state index contributed by atoms with van der Waals surface area (Å²) in [5.41, 5.74) is 0. The highest BCUT2D eigenvalue weighted by Gasteiger charge is 2.28. The summed E-state index contributed by atoms with van der Waals surface area (Å²) in [6, 6.07) is -1.11. The minimum atomic E-state index is -2.08. The first-order valence-corrected chi connectivity index (χ1v) is 8.24. The summed E-state index contributed by atoms with van der Waals surface area (Å²) in [5.74, 6) is -2.30. The highest BCUT2D eigenvalue weighted by molar-refractivity contribution is 6.71. The lowest BCUT2D eigenvalue weighted by Gasteiger charge is -2.22. The number of aliphatic carboxylic acids is 1. The highest BCUT2D eigenvalue weighted by atomic mass is 28.4. The van der Waals surface area contributed by atoms with Crippen LogP contribution in [0.25, 0.3) is 0 Å². The zero-order valence-electron chi connectivity index (χ0n) is 9.86. The zero-order valence-corrected chi connectivity index (χ0v) is 10.9. The minimum Gasteiger partial charge on any atom is -0.518 e. The molecule has 0 radical (unpaired) electrons. The van der Waals surface area contributed by atoms with Gasteiger partial charge in [0.05, 0.1) is 6.42 Å². The summed E-state index contributed by atoms with van der Waals surface area (Å²) in [4.78, 5) is 32.9. The van der Waals surface area contributed by atoms with Crippen molar-refractivity contribution in [3.63, 3.8) is 0 Å². The molecule has 0 aliphatic heterocycles. The molecule has 0 aliphatic rings. The number of rotatable bonds is 5. The van der Waals surface area contributed by atoms with Gasteiger partial charge in [-0.15, -0.1) is 0 Å². The number of nitrogens with one attached hydrogen (secondary N) is 1. The normalized spacial score (nSPS) is 12.8. The molecule has 92 valence electrons. The number of hydrogen-bond acceptors (Lipinski definition) is 4. The fourth-order valence-corrected chi connectivity index (χ4v) is 1.73. The Balaban J connectivity index is 4.56. The van der Waals surface area contributed by atoms with Crippen LogP contribution >= 0.6 is 0 Å². The van der Waals surface area contributed by atoms with E-state index in [9.17, 15) is 14.4 Å². The molecule has 1 atom stereocenters. The van der Waals surface area contributed by atoms with Crippen molar-refractivity contribution in [2.24, 2.45) is 0 Å². The summed E-state index contributed by atoms with van der Waals surface area (Å²) in [6.45, 7) is 6.63. The molecule has 7 heteroatoms. The van der Waals surface area contributed by atoms with E-state index in [1.165, 1.54) is 6.92 Å². The van der Waals surface area contributed by atoms with E-state index < -0.39 is 38.6 Å². The van der Waals surface area contributed by atoms with Crippen molar-refractivity contribution < 1.29 is 23.9 Å². The minimum absolute atomic E-state index is 0.459. The molecule has 0 aromatic rings. The molecule has 0 bridgehead atoms. The van der Waals surface area contributed by atoms with Gasteiger partial charge in [0, 0.05) is 6.92 Å². The second-order valence-electron chi connectivity index (χ2n) is 4.38. The van der Waals surface area contributed by atoms with E-state index in [4.69, 9.17) is 9.53 Å². The quantitative estimate of drug-likeness (QED) is 0.684. The Morgan fingerprint density at radius 1 is 1.31 bits per heavy atom. The van der Waals surface area contributed by atoms with E-state index in [1.54, 1.807) is 19.6 Å². The van der Waals surface area contributed by atoms with Gasteiger partial charge in [-0.3, -0.25) is 14.4 Å². The molecule has 0 saturated heterocycles. The molecule has 0 rings (SSSR count). The van der Waals surface area contributed by atoms with Crippen LogP contribution in [-0.4, -0.2) is 37.3 Å². The first-order valence-electron chi connectivity index (χ1n) is 4.83. The summed E-state index contributed by atoms with van der Waals surface area (Å²) >= 11 is 0. The Kier molecular flexibility index (Phi) is 5.16. The maximum Gasteiger partial charge on any atom is 0.315 e. The molecule has 0 aromatic carbocycles. The predicted molar refractivity (Wildman–Crippen MR) is 59.3 cm³/mol. The van der Waals surface area contributed by atoms with Crippen molar-refractivity contribution in [1.29, 1.82) is 0 Å². The fraction of sp³-hybridized carbons (Fsp3) is 0.667. The number of carboxylic acid groups (broad SMARTS) is 1. The molecular weight excluding hydrogens is 230 g/mol. The average molecular weight is 247 g/mol. The highest BCUT2D eigenvalue weighted by Crippen LogP contribution is 2.06. The van der Waals surface area contributed by atoms with Gasteiger partial charge in [0.1, 0.15) is 6.04 Å². The molecule has 2 N–H and O–H groups in total. The topological polar surface area (TPSA) is 92.7 Å². The van der Waals surface area contributed by atoms with Crippen LogP contribution in [0.2, 0.25) is 19.6 Å². The van der Waals surface area contributed by atoms with Gasteiger partial charge in [0.15, 0.2) is 0 Å². The summed E-state index contributed by atoms with van der Waals surface area (Å²) in [6.07, 6.45) is -0.469. The smallest absolute Gasteiger partial charge is 0.315 e. The molecule has 0 aromatic heterocycles. The Morgan fingerprint density at radius 2 is 1.81 bits per heavy atom. The predicted octanol–water partition coefficient (Wildman–Crippen LogP) is 0.344. The van der Waals surface area contributed by atoms with Crippen molar-refractivity contribution in [1.82, 2.24) is 5.32 Å². The van der Waals surface area contributed by atoms with Crippen LogP contribution in [0.4, 0.5) is 0 Å². The van der Waals surface area contributed by atoms with E-state index in [0.717, 1.165) is 0 Å². The zero-order chi connectivity index (χ0) is 12.9. The van der Waals surface area contributed by atoms with Crippen molar-refractivity contribution in [3.8, 4) is 0 Å². The van der Waals surface area contributed by atoms with Crippen molar-refractivity contribution in [2.45, 2.75) is 39.0 Å². The van der Waals surface area contributed by atoms with E-state index in [1.807, 2.05) is 0 Å². The van der Waals surface area contributed by atoms with E-state index in [0.29, 0.717) is 0 Å². The Hall–Kier alpha value is -1.37. The number of carbonyl (C=O) groups is 3. The van der Waals surface area contributed by atoms with Crippen molar-refractivity contribution in [3.05, 3.63) is 0 Å². The number of carboxylic acids is 1. The Bertz CT molecular complexity index is 281.